The minimum atomic E-state index is 0.283. The maximum Gasteiger partial charge on any atom is 0.286 e. The van der Waals surface area contributed by atoms with Gasteiger partial charge in [0.2, 0.25) is 11.7 Å². The minimum Gasteiger partial charge on any atom is -0.497 e. The molecule has 0 bridgehead atoms. The summed E-state index contributed by atoms with van der Waals surface area (Å²) in [6.45, 7) is 2.93. The molecule has 0 atom stereocenters. The fourth-order valence-electron chi connectivity index (χ4n) is 2.71. The van der Waals surface area contributed by atoms with E-state index >= 15 is 0 Å². The molecule has 7 nitrogen and oxygen atoms in total. The van der Waals surface area contributed by atoms with Crippen molar-refractivity contribution in [2.45, 2.75) is 13.3 Å². The topological polar surface area (TPSA) is 86.0 Å². The molecule has 0 amide bonds. The first kappa shape index (κ1) is 17.0. The van der Waals surface area contributed by atoms with Gasteiger partial charge in [-0.15, -0.1) is 10.2 Å². The summed E-state index contributed by atoms with van der Waals surface area (Å²) in [5.74, 6) is 2.63. The van der Waals surface area contributed by atoms with Crippen molar-refractivity contribution in [3.05, 3.63) is 48.5 Å². The first-order valence-electron chi connectivity index (χ1n) is 8.77. The van der Waals surface area contributed by atoms with Gasteiger partial charge in [0.25, 0.3) is 5.89 Å². The monoisotopic (exact) mass is 361 g/mol. The molecule has 2 heterocycles. The van der Waals surface area contributed by atoms with E-state index in [0.717, 1.165) is 41.0 Å². The molecule has 7 heteroatoms. The van der Waals surface area contributed by atoms with Gasteiger partial charge in [0.05, 0.1) is 12.6 Å². The number of nitrogens with one attached hydrogen (secondary N) is 1. The zero-order valence-corrected chi connectivity index (χ0v) is 15.1. The van der Waals surface area contributed by atoms with E-state index in [4.69, 9.17) is 9.15 Å². The molecule has 136 valence electrons. The van der Waals surface area contributed by atoms with Gasteiger partial charge in [-0.25, -0.2) is 9.97 Å². The Kier molecular flexibility index (Phi) is 4.65. The zero-order chi connectivity index (χ0) is 18.6. The lowest BCUT2D eigenvalue weighted by molar-refractivity contribution is 0.415. The van der Waals surface area contributed by atoms with E-state index in [0.29, 0.717) is 11.7 Å². The number of anilines is 1. The maximum absolute atomic E-state index is 5.82. The molecule has 0 unspecified atom stereocenters. The van der Waals surface area contributed by atoms with Crippen LogP contribution in [0.5, 0.6) is 5.75 Å². The van der Waals surface area contributed by atoms with Crippen LogP contribution >= 0.6 is 0 Å². The molecule has 2 aromatic heterocycles. The van der Waals surface area contributed by atoms with Crippen LogP contribution in [-0.4, -0.2) is 33.8 Å². The number of ether oxygens (including phenoxy) is 1. The molecular weight excluding hydrogens is 342 g/mol. The summed E-state index contributed by atoms with van der Waals surface area (Å²) < 4.78 is 11.0. The van der Waals surface area contributed by atoms with E-state index in [9.17, 15) is 0 Å². The molecule has 4 aromatic rings. The summed E-state index contributed by atoms with van der Waals surface area (Å²) >= 11 is 0. The van der Waals surface area contributed by atoms with Crippen molar-refractivity contribution < 1.29 is 9.15 Å². The average Bonchev–Trinajstić information content (AvgIpc) is 3.22. The van der Waals surface area contributed by atoms with Gasteiger partial charge in [0.15, 0.2) is 0 Å². The fourth-order valence-corrected chi connectivity index (χ4v) is 2.71. The second-order valence-electron chi connectivity index (χ2n) is 5.98. The number of hydrogen-bond acceptors (Lipinski definition) is 7. The van der Waals surface area contributed by atoms with Crippen molar-refractivity contribution in [3.63, 3.8) is 0 Å². The molecule has 0 saturated carbocycles. The van der Waals surface area contributed by atoms with Crippen molar-refractivity contribution in [2.24, 2.45) is 0 Å². The van der Waals surface area contributed by atoms with E-state index < -0.39 is 0 Å². The van der Waals surface area contributed by atoms with Crippen LogP contribution in [0, 0.1) is 0 Å². The second-order valence-corrected chi connectivity index (χ2v) is 5.98. The summed E-state index contributed by atoms with van der Waals surface area (Å²) in [7, 11) is 1.63. The molecule has 2 aromatic carbocycles. The molecule has 0 radical (unpaired) electrons. The van der Waals surface area contributed by atoms with Crippen LogP contribution in [0.1, 0.15) is 13.3 Å². The highest BCUT2D eigenvalue weighted by atomic mass is 16.5. The number of nitrogens with zero attached hydrogens (tertiary/aromatic N) is 4. The first-order chi connectivity index (χ1) is 13.3. The van der Waals surface area contributed by atoms with Crippen LogP contribution in [0.3, 0.4) is 0 Å². The third-order valence-corrected chi connectivity index (χ3v) is 4.10. The molecule has 1 N–H and O–H groups in total. The number of aromatic nitrogens is 4. The van der Waals surface area contributed by atoms with Crippen molar-refractivity contribution in [1.82, 2.24) is 20.2 Å². The highest BCUT2D eigenvalue weighted by Gasteiger charge is 2.16. The molecule has 0 aliphatic carbocycles. The lowest BCUT2D eigenvalue weighted by atomic mass is 10.2. The molecule has 0 aliphatic rings. The third kappa shape index (κ3) is 3.44. The van der Waals surface area contributed by atoms with E-state index in [1.165, 1.54) is 0 Å². The van der Waals surface area contributed by atoms with E-state index in [-0.39, 0.29) is 5.89 Å². The summed E-state index contributed by atoms with van der Waals surface area (Å²) in [5, 5.41) is 12.6. The van der Waals surface area contributed by atoms with Crippen LogP contribution in [0.15, 0.2) is 52.9 Å². The minimum absolute atomic E-state index is 0.283. The largest absolute Gasteiger partial charge is 0.497 e. The van der Waals surface area contributed by atoms with Gasteiger partial charge in [-0.3, -0.25) is 0 Å². The van der Waals surface area contributed by atoms with Gasteiger partial charge < -0.3 is 14.5 Å². The van der Waals surface area contributed by atoms with E-state index in [2.05, 4.69) is 32.4 Å². The van der Waals surface area contributed by atoms with Crippen molar-refractivity contribution in [3.8, 4) is 28.9 Å². The highest BCUT2D eigenvalue weighted by molar-refractivity contribution is 5.90. The predicted molar refractivity (Wildman–Crippen MR) is 104 cm³/mol. The van der Waals surface area contributed by atoms with Crippen LogP contribution in [0.25, 0.3) is 34.1 Å². The molecular formula is C20H19N5O2. The zero-order valence-electron chi connectivity index (χ0n) is 15.1. The Morgan fingerprint density at radius 2 is 1.74 bits per heavy atom. The lowest BCUT2D eigenvalue weighted by Crippen LogP contribution is -2.04. The van der Waals surface area contributed by atoms with E-state index in [1.807, 2.05) is 48.5 Å². The van der Waals surface area contributed by atoms with Gasteiger partial charge in [-0.05, 0) is 42.8 Å². The Morgan fingerprint density at radius 1 is 0.963 bits per heavy atom. The summed E-state index contributed by atoms with van der Waals surface area (Å²) in [6.07, 6.45) is 0.996. The molecule has 0 fully saturated rings. The molecule has 27 heavy (non-hydrogen) atoms. The van der Waals surface area contributed by atoms with Gasteiger partial charge in [-0.1, -0.05) is 19.1 Å². The van der Waals surface area contributed by atoms with E-state index in [1.54, 1.807) is 7.11 Å². The standard InChI is InChI=1S/C20H19N5O2/c1-3-12-21-17-15-6-4-5-7-16(15)22-18(23-17)20-25-24-19(27-20)13-8-10-14(26-2)11-9-13/h4-11H,3,12H2,1-2H3,(H,21,22,23). The lowest BCUT2D eigenvalue weighted by Gasteiger charge is -2.08. The van der Waals surface area contributed by atoms with Gasteiger partial charge >= 0.3 is 0 Å². The van der Waals surface area contributed by atoms with Gasteiger partial charge in [0.1, 0.15) is 11.6 Å². The average molecular weight is 361 g/mol. The summed E-state index contributed by atoms with van der Waals surface area (Å²) in [4.78, 5) is 9.19. The summed E-state index contributed by atoms with van der Waals surface area (Å²) in [5.41, 5.74) is 1.63. The predicted octanol–water partition coefficient (Wildman–Crippen LogP) is 4.18. The smallest absolute Gasteiger partial charge is 0.286 e. The Bertz CT molecular complexity index is 1060. The van der Waals surface area contributed by atoms with Crippen LogP contribution in [0.2, 0.25) is 0 Å². The Hall–Kier alpha value is -3.48. The quantitative estimate of drug-likeness (QED) is 0.551. The van der Waals surface area contributed by atoms with Gasteiger partial charge in [0, 0.05) is 17.5 Å². The Morgan fingerprint density at radius 3 is 2.52 bits per heavy atom. The van der Waals surface area contributed by atoms with Crippen molar-refractivity contribution in [2.75, 3.05) is 19.0 Å². The molecule has 0 spiro atoms. The number of benzene rings is 2. The van der Waals surface area contributed by atoms with Crippen molar-refractivity contribution >= 4 is 16.7 Å². The number of fused-ring (bicyclic) bond motifs is 1. The molecule has 0 aliphatic heterocycles. The number of methoxy groups -OCH3 is 1. The Labute approximate surface area is 156 Å². The summed E-state index contributed by atoms with van der Waals surface area (Å²) in [6, 6.07) is 15.3. The Balaban J connectivity index is 1.72. The third-order valence-electron chi connectivity index (χ3n) is 4.10. The highest BCUT2D eigenvalue weighted by Crippen LogP contribution is 2.27. The van der Waals surface area contributed by atoms with Crippen LogP contribution in [0.4, 0.5) is 5.82 Å². The normalized spacial score (nSPS) is 10.9. The SMILES string of the molecule is CCCNc1nc(-c2nnc(-c3ccc(OC)cc3)o2)nc2ccccc12. The number of para-hydroxylation sites is 1. The maximum atomic E-state index is 5.82. The number of hydrogen-bond donors (Lipinski definition) is 1. The first-order valence-corrected chi connectivity index (χ1v) is 8.77. The second kappa shape index (κ2) is 7.41. The van der Waals surface area contributed by atoms with Gasteiger partial charge in [-0.2, -0.15) is 0 Å². The van der Waals surface area contributed by atoms with Crippen molar-refractivity contribution in [1.29, 1.82) is 0 Å². The van der Waals surface area contributed by atoms with Crippen LogP contribution < -0.4 is 10.1 Å². The molecule has 4 rings (SSSR count). The number of rotatable bonds is 6. The fraction of sp³-hybridized carbons (Fsp3) is 0.200. The molecule has 0 saturated heterocycles. The van der Waals surface area contributed by atoms with Crippen LogP contribution in [-0.2, 0) is 0 Å².